The molecule has 29 heavy (non-hydrogen) atoms. The lowest BCUT2D eigenvalue weighted by molar-refractivity contribution is -0.142. The predicted molar refractivity (Wildman–Crippen MR) is 113 cm³/mol. The molecule has 6 heteroatoms. The summed E-state index contributed by atoms with van der Waals surface area (Å²) in [7, 11) is 0. The van der Waals surface area contributed by atoms with E-state index in [4.69, 9.17) is 0 Å². The Morgan fingerprint density at radius 3 is 2.07 bits per heavy atom. The molecule has 1 unspecified atom stereocenters. The average molecular weight is 396 g/mol. The number of aliphatic carboxylic acids is 1. The van der Waals surface area contributed by atoms with Crippen molar-refractivity contribution in [3.8, 4) is 0 Å². The Morgan fingerprint density at radius 1 is 0.966 bits per heavy atom. The lowest BCUT2D eigenvalue weighted by Gasteiger charge is -2.23. The molecule has 0 aromatic heterocycles. The van der Waals surface area contributed by atoms with Gasteiger partial charge in [0.2, 0.25) is 11.8 Å². The standard InChI is InChI=1S/C23H28N2O4/c1-15(2)20(25-19(26)14-16-8-6-5-7-9-16)21(27)24-18-12-10-17(11-13-18)23(3,4)22(28)29/h5-13,15,20H,14H2,1-4H3,(H,24,27)(H,25,26)(H,28,29). The lowest BCUT2D eigenvalue weighted by Crippen LogP contribution is -2.47. The smallest absolute Gasteiger partial charge is 0.313 e. The van der Waals surface area contributed by atoms with E-state index in [1.54, 1.807) is 38.1 Å². The molecule has 0 aliphatic rings. The monoisotopic (exact) mass is 396 g/mol. The zero-order valence-corrected chi connectivity index (χ0v) is 17.2. The fourth-order valence-electron chi connectivity index (χ4n) is 2.85. The van der Waals surface area contributed by atoms with Crippen molar-refractivity contribution in [3.63, 3.8) is 0 Å². The van der Waals surface area contributed by atoms with Gasteiger partial charge in [0.15, 0.2) is 0 Å². The maximum atomic E-state index is 12.7. The van der Waals surface area contributed by atoms with Crippen LogP contribution in [0.5, 0.6) is 0 Å². The van der Waals surface area contributed by atoms with Gasteiger partial charge in [-0.2, -0.15) is 0 Å². The molecule has 0 aliphatic heterocycles. The molecule has 1 atom stereocenters. The number of benzene rings is 2. The molecule has 0 radical (unpaired) electrons. The van der Waals surface area contributed by atoms with Gasteiger partial charge in [-0.1, -0.05) is 56.3 Å². The minimum absolute atomic E-state index is 0.0973. The van der Waals surface area contributed by atoms with Crippen LogP contribution in [0.25, 0.3) is 0 Å². The Balaban J connectivity index is 2.04. The fourth-order valence-corrected chi connectivity index (χ4v) is 2.85. The minimum atomic E-state index is -1.02. The first kappa shape index (κ1) is 22.1. The Bertz CT molecular complexity index is 858. The Morgan fingerprint density at radius 2 is 1.55 bits per heavy atom. The van der Waals surface area contributed by atoms with Gasteiger partial charge in [0.1, 0.15) is 6.04 Å². The van der Waals surface area contributed by atoms with Crippen LogP contribution in [0, 0.1) is 5.92 Å². The molecule has 0 saturated heterocycles. The van der Waals surface area contributed by atoms with E-state index in [1.165, 1.54) is 0 Å². The third-order valence-electron chi connectivity index (χ3n) is 4.88. The lowest BCUT2D eigenvalue weighted by atomic mass is 9.85. The van der Waals surface area contributed by atoms with Crippen molar-refractivity contribution >= 4 is 23.5 Å². The number of amides is 2. The van der Waals surface area contributed by atoms with Crippen LogP contribution in [0.2, 0.25) is 0 Å². The largest absolute Gasteiger partial charge is 0.481 e. The molecule has 0 aliphatic carbocycles. The second-order valence-corrected chi connectivity index (χ2v) is 7.95. The maximum Gasteiger partial charge on any atom is 0.313 e. The van der Waals surface area contributed by atoms with Crippen LogP contribution in [0.4, 0.5) is 5.69 Å². The van der Waals surface area contributed by atoms with E-state index in [-0.39, 0.29) is 24.2 Å². The summed E-state index contributed by atoms with van der Waals surface area (Å²) in [4.78, 5) is 36.4. The van der Waals surface area contributed by atoms with Gasteiger partial charge >= 0.3 is 5.97 Å². The zero-order valence-electron chi connectivity index (χ0n) is 17.2. The van der Waals surface area contributed by atoms with Gasteiger partial charge < -0.3 is 15.7 Å². The van der Waals surface area contributed by atoms with Gasteiger partial charge in [0, 0.05) is 5.69 Å². The number of hydrogen-bond acceptors (Lipinski definition) is 3. The molecule has 154 valence electrons. The van der Waals surface area contributed by atoms with Gasteiger partial charge in [-0.05, 0) is 43.0 Å². The summed E-state index contributed by atoms with van der Waals surface area (Å²) in [6.07, 6.45) is 0.205. The highest BCUT2D eigenvalue weighted by molar-refractivity contribution is 5.97. The first-order valence-electron chi connectivity index (χ1n) is 9.59. The van der Waals surface area contributed by atoms with Crippen molar-refractivity contribution in [1.29, 1.82) is 0 Å². The fraction of sp³-hybridized carbons (Fsp3) is 0.348. The molecule has 2 aromatic rings. The second kappa shape index (κ2) is 9.37. The summed E-state index contributed by atoms with van der Waals surface area (Å²) in [6, 6.07) is 15.4. The van der Waals surface area contributed by atoms with Gasteiger partial charge in [0.25, 0.3) is 0 Å². The summed E-state index contributed by atoms with van der Waals surface area (Å²) in [6.45, 7) is 6.98. The normalized spacial score (nSPS) is 12.3. The molecule has 3 N–H and O–H groups in total. The Kier molecular flexibility index (Phi) is 7.15. The summed E-state index contributed by atoms with van der Waals surface area (Å²) >= 11 is 0. The molecular weight excluding hydrogens is 368 g/mol. The van der Waals surface area contributed by atoms with Crippen molar-refractivity contribution in [2.24, 2.45) is 5.92 Å². The van der Waals surface area contributed by atoms with E-state index in [1.807, 2.05) is 44.2 Å². The second-order valence-electron chi connectivity index (χ2n) is 7.95. The summed E-state index contributed by atoms with van der Waals surface area (Å²) in [5, 5.41) is 14.9. The number of hydrogen-bond donors (Lipinski definition) is 3. The van der Waals surface area contributed by atoms with Gasteiger partial charge in [-0.3, -0.25) is 14.4 Å². The maximum absolute atomic E-state index is 12.7. The third kappa shape index (κ3) is 5.91. The summed E-state index contributed by atoms with van der Waals surface area (Å²) in [5.41, 5.74) is 1.04. The molecule has 0 heterocycles. The van der Waals surface area contributed by atoms with Crippen LogP contribution in [-0.4, -0.2) is 28.9 Å². The van der Waals surface area contributed by atoms with E-state index < -0.39 is 17.4 Å². The summed E-state index contributed by atoms with van der Waals surface area (Å²) < 4.78 is 0. The van der Waals surface area contributed by atoms with E-state index in [2.05, 4.69) is 10.6 Å². The highest BCUT2D eigenvalue weighted by Gasteiger charge is 2.29. The molecule has 0 saturated carbocycles. The number of rotatable bonds is 8. The number of nitrogens with one attached hydrogen (secondary N) is 2. The van der Waals surface area contributed by atoms with Crippen LogP contribution < -0.4 is 10.6 Å². The summed E-state index contributed by atoms with van der Waals surface area (Å²) in [5.74, 6) is -1.55. The first-order chi connectivity index (χ1) is 13.6. The number of carboxylic acids is 1. The molecule has 2 aromatic carbocycles. The molecule has 0 spiro atoms. The molecule has 0 fully saturated rings. The highest BCUT2D eigenvalue weighted by Crippen LogP contribution is 2.25. The average Bonchev–Trinajstić information content (AvgIpc) is 2.67. The molecule has 6 nitrogen and oxygen atoms in total. The highest BCUT2D eigenvalue weighted by atomic mass is 16.4. The number of carbonyl (C=O) groups is 3. The number of anilines is 1. The van der Waals surface area contributed by atoms with Crippen molar-refractivity contribution in [2.45, 2.75) is 45.6 Å². The SMILES string of the molecule is CC(C)C(NC(=O)Cc1ccccc1)C(=O)Nc1ccc(C(C)(C)C(=O)O)cc1. The van der Waals surface area contributed by atoms with Gasteiger partial charge in [-0.15, -0.1) is 0 Å². The molecule has 2 rings (SSSR count). The van der Waals surface area contributed by atoms with Crippen LogP contribution in [0.1, 0.15) is 38.8 Å². The molecular formula is C23H28N2O4. The Hall–Kier alpha value is -3.15. The van der Waals surface area contributed by atoms with Crippen molar-refractivity contribution in [2.75, 3.05) is 5.32 Å². The molecule has 0 bridgehead atoms. The van der Waals surface area contributed by atoms with Crippen molar-refractivity contribution in [1.82, 2.24) is 5.32 Å². The van der Waals surface area contributed by atoms with E-state index >= 15 is 0 Å². The van der Waals surface area contributed by atoms with Crippen molar-refractivity contribution in [3.05, 3.63) is 65.7 Å². The Labute approximate surface area is 171 Å². The minimum Gasteiger partial charge on any atom is -0.481 e. The van der Waals surface area contributed by atoms with Gasteiger partial charge in [0.05, 0.1) is 11.8 Å². The van der Waals surface area contributed by atoms with E-state index in [0.29, 0.717) is 11.3 Å². The quantitative estimate of drug-likeness (QED) is 0.637. The van der Waals surface area contributed by atoms with Crippen molar-refractivity contribution < 1.29 is 19.5 Å². The van der Waals surface area contributed by atoms with E-state index in [0.717, 1.165) is 5.56 Å². The number of carboxylic acid groups (broad SMARTS) is 1. The topological polar surface area (TPSA) is 95.5 Å². The predicted octanol–water partition coefficient (Wildman–Crippen LogP) is 3.37. The number of carbonyl (C=O) groups excluding carboxylic acids is 2. The zero-order chi connectivity index (χ0) is 21.6. The first-order valence-corrected chi connectivity index (χ1v) is 9.59. The van der Waals surface area contributed by atoms with Crippen LogP contribution in [0.3, 0.4) is 0 Å². The van der Waals surface area contributed by atoms with Crippen LogP contribution >= 0.6 is 0 Å². The van der Waals surface area contributed by atoms with Crippen LogP contribution in [-0.2, 0) is 26.2 Å². The third-order valence-corrected chi connectivity index (χ3v) is 4.88. The molecule has 2 amide bonds. The van der Waals surface area contributed by atoms with Crippen LogP contribution in [0.15, 0.2) is 54.6 Å². The van der Waals surface area contributed by atoms with Gasteiger partial charge in [-0.25, -0.2) is 0 Å². The van der Waals surface area contributed by atoms with E-state index in [9.17, 15) is 19.5 Å².